The van der Waals surface area contributed by atoms with Gasteiger partial charge in [-0.15, -0.1) is 11.3 Å². The molecule has 0 unspecified atom stereocenters. The van der Waals surface area contributed by atoms with E-state index in [2.05, 4.69) is 42.6 Å². The van der Waals surface area contributed by atoms with Gasteiger partial charge in [0, 0.05) is 32.7 Å². The van der Waals surface area contributed by atoms with Crippen molar-refractivity contribution >= 4 is 50.3 Å². The summed E-state index contributed by atoms with van der Waals surface area (Å²) in [4.78, 5) is 7.92. The fourth-order valence-electron chi connectivity index (χ4n) is 3.17. The monoisotopic (exact) mass is 445 g/mol. The van der Waals surface area contributed by atoms with Gasteiger partial charge in [-0.2, -0.15) is 0 Å². The fourth-order valence-corrected chi connectivity index (χ4v) is 5.08. The molecule has 26 heavy (non-hydrogen) atoms. The first-order chi connectivity index (χ1) is 12.7. The highest BCUT2D eigenvalue weighted by Gasteiger charge is 2.41. The van der Waals surface area contributed by atoms with Gasteiger partial charge in [-0.05, 0) is 58.5 Å². The molecule has 3 heterocycles. The number of benzene rings is 1. The third-order valence-corrected chi connectivity index (χ3v) is 6.39. The third-order valence-electron chi connectivity index (χ3n) is 4.31. The van der Waals surface area contributed by atoms with Crippen molar-refractivity contribution in [1.82, 2.24) is 10.3 Å². The van der Waals surface area contributed by atoms with Crippen LogP contribution in [0.4, 0.5) is 5.69 Å². The van der Waals surface area contributed by atoms with E-state index in [0.29, 0.717) is 5.11 Å². The Balaban J connectivity index is 1.82. The summed E-state index contributed by atoms with van der Waals surface area (Å²) in [6.45, 7) is 0. The standard InChI is InChI=1S/C19H16BrN3OS2/c1-24-14-6-4-5-13(10-14)23-18(16-9-12(20)11-26-16)17(22-19(23)25)15-7-2-3-8-21-15/h2-11,17-18H,1H3,(H,22,25)/t17-,18-/m1/s1. The van der Waals surface area contributed by atoms with Gasteiger partial charge in [-0.1, -0.05) is 12.1 Å². The highest BCUT2D eigenvalue weighted by atomic mass is 79.9. The van der Waals surface area contributed by atoms with Gasteiger partial charge in [-0.25, -0.2) is 0 Å². The van der Waals surface area contributed by atoms with Crippen LogP contribution in [0.5, 0.6) is 5.75 Å². The lowest BCUT2D eigenvalue weighted by atomic mass is 10.0. The molecule has 0 radical (unpaired) electrons. The van der Waals surface area contributed by atoms with Gasteiger partial charge in [-0.3, -0.25) is 4.98 Å². The van der Waals surface area contributed by atoms with E-state index in [-0.39, 0.29) is 12.1 Å². The number of nitrogens with one attached hydrogen (secondary N) is 1. The van der Waals surface area contributed by atoms with Crippen molar-refractivity contribution in [3.8, 4) is 5.75 Å². The average Bonchev–Trinajstić information content (AvgIpc) is 3.25. The van der Waals surface area contributed by atoms with Gasteiger partial charge in [0.15, 0.2) is 5.11 Å². The molecule has 4 nitrogen and oxygen atoms in total. The van der Waals surface area contributed by atoms with Crippen molar-refractivity contribution in [2.24, 2.45) is 0 Å². The van der Waals surface area contributed by atoms with Gasteiger partial charge in [0.25, 0.3) is 0 Å². The second-order valence-corrected chi connectivity index (χ2v) is 8.11. The lowest BCUT2D eigenvalue weighted by Gasteiger charge is -2.27. The summed E-state index contributed by atoms with van der Waals surface area (Å²) >= 11 is 11.0. The number of thiophene rings is 1. The average molecular weight is 446 g/mol. The van der Waals surface area contributed by atoms with E-state index in [1.54, 1.807) is 18.4 Å². The van der Waals surface area contributed by atoms with Crippen LogP contribution in [0, 0.1) is 0 Å². The normalized spacial score (nSPS) is 19.5. The molecule has 2 atom stereocenters. The van der Waals surface area contributed by atoms with E-state index in [1.165, 1.54) is 4.88 Å². The summed E-state index contributed by atoms with van der Waals surface area (Å²) in [5.74, 6) is 0.803. The van der Waals surface area contributed by atoms with Crippen LogP contribution in [0.1, 0.15) is 22.7 Å². The van der Waals surface area contributed by atoms with E-state index in [1.807, 2.05) is 48.7 Å². The Morgan fingerprint density at radius 1 is 1.23 bits per heavy atom. The Morgan fingerprint density at radius 2 is 2.12 bits per heavy atom. The zero-order valence-electron chi connectivity index (χ0n) is 13.9. The molecule has 3 aromatic rings. The molecule has 7 heteroatoms. The Morgan fingerprint density at radius 3 is 2.81 bits per heavy atom. The number of pyridine rings is 1. The summed E-state index contributed by atoms with van der Waals surface area (Å²) < 4.78 is 6.47. The maximum Gasteiger partial charge on any atom is 0.174 e. The third kappa shape index (κ3) is 3.22. The number of aromatic nitrogens is 1. The summed E-state index contributed by atoms with van der Waals surface area (Å²) in [6.07, 6.45) is 1.82. The van der Waals surface area contributed by atoms with E-state index in [0.717, 1.165) is 21.6 Å². The van der Waals surface area contributed by atoms with Crippen molar-refractivity contribution in [3.05, 3.63) is 75.2 Å². The molecule has 0 saturated carbocycles. The SMILES string of the molecule is COc1cccc(N2C(=S)N[C@H](c3ccccn3)[C@H]2c2cc(Br)cs2)c1. The van der Waals surface area contributed by atoms with Crippen LogP contribution < -0.4 is 15.0 Å². The van der Waals surface area contributed by atoms with E-state index in [9.17, 15) is 0 Å². The number of anilines is 1. The summed E-state index contributed by atoms with van der Waals surface area (Å²) in [6, 6.07) is 16.1. The van der Waals surface area contributed by atoms with Gasteiger partial charge >= 0.3 is 0 Å². The van der Waals surface area contributed by atoms with Crippen LogP contribution >= 0.6 is 39.5 Å². The smallest absolute Gasteiger partial charge is 0.174 e. The molecule has 4 rings (SSSR count). The number of nitrogens with zero attached hydrogens (tertiary/aromatic N) is 2. The molecule has 1 aliphatic rings. The number of hydrogen-bond acceptors (Lipinski definition) is 4. The predicted octanol–water partition coefficient (Wildman–Crippen LogP) is 5.09. The van der Waals surface area contributed by atoms with Gasteiger partial charge in [0.2, 0.25) is 0 Å². The number of halogens is 1. The summed E-state index contributed by atoms with van der Waals surface area (Å²) in [5, 5.41) is 6.24. The van der Waals surface area contributed by atoms with Crippen LogP contribution in [-0.2, 0) is 0 Å². The minimum Gasteiger partial charge on any atom is -0.497 e. The van der Waals surface area contributed by atoms with Crippen LogP contribution in [0.3, 0.4) is 0 Å². The first-order valence-corrected chi connectivity index (χ1v) is 10.1. The number of hydrogen-bond donors (Lipinski definition) is 1. The van der Waals surface area contributed by atoms with Crippen LogP contribution in [-0.4, -0.2) is 17.2 Å². The molecular formula is C19H16BrN3OS2. The maximum absolute atomic E-state index is 5.70. The van der Waals surface area contributed by atoms with Crippen molar-refractivity contribution in [1.29, 1.82) is 0 Å². The predicted molar refractivity (Wildman–Crippen MR) is 113 cm³/mol. The Kier molecular flexibility index (Phi) is 4.93. The fraction of sp³-hybridized carbons (Fsp3) is 0.158. The molecule has 1 N–H and O–H groups in total. The number of ether oxygens (including phenoxy) is 1. The minimum absolute atomic E-state index is 0.0146. The largest absolute Gasteiger partial charge is 0.497 e. The second kappa shape index (κ2) is 7.34. The molecule has 1 aromatic carbocycles. The number of rotatable bonds is 4. The first-order valence-electron chi connectivity index (χ1n) is 8.06. The van der Waals surface area contributed by atoms with Gasteiger partial charge in [0.05, 0.1) is 24.9 Å². The first kappa shape index (κ1) is 17.5. The molecule has 0 amide bonds. The molecule has 0 aliphatic carbocycles. The topological polar surface area (TPSA) is 37.4 Å². The molecule has 1 saturated heterocycles. The number of methoxy groups -OCH3 is 1. The zero-order valence-corrected chi connectivity index (χ0v) is 17.1. The zero-order chi connectivity index (χ0) is 18.1. The van der Waals surface area contributed by atoms with Crippen molar-refractivity contribution in [3.63, 3.8) is 0 Å². The number of thiocarbonyl (C=S) groups is 1. The van der Waals surface area contributed by atoms with E-state index in [4.69, 9.17) is 17.0 Å². The molecule has 0 spiro atoms. The minimum atomic E-state index is -0.0274. The molecular weight excluding hydrogens is 430 g/mol. The Labute approximate surface area is 170 Å². The van der Waals surface area contributed by atoms with E-state index < -0.39 is 0 Å². The van der Waals surface area contributed by atoms with Crippen molar-refractivity contribution in [2.75, 3.05) is 12.0 Å². The molecule has 2 aromatic heterocycles. The molecule has 0 bridgehead atoms. The van der Waals surface area contributed by atoms with Crippen LogP contribution in [0.25, 0.3) is 0 Å². The van der Waals surface area contributed by atoms with Gasteiger partial charge in [0.1, 0.15) is 5.75 Å². The lowest BCUT2D eigenvalue weighted by molar-refractivity contribution is 0.415. The Hall–Kier alpha value is -1.96. The van der Waals surface area contributed by atoms with E-state index >= 15 is 0 Å². The van der Waals surface area contributed by atoms with Crippen molar-refractivity contribution < 1.29 is 4.74 Å². The lowest BCUT2D eigenvalue weighted by Crippen LogP contribution is -2.29. The highest BCUT2D eigenvalue weighted by Crippen LogP contribution is 2.44. The van der Waals surface area contributed by atoms with Crippen LogP contribution in [0.2, 0.25) is 0 Å². The molecule has 1 fully saturated rings. The highest BCUT2D eigenvalue weighted by molar-refractivity contribution is 9.10. The Bertz CT molecular complexity index is 931. The van der Waals surface area contributed by atoms with Crippen LogP contribution in [0.15, 0.2) is 64.6 Å². The summed E-state index contributed by atoms with van der Waals surface area (Å²) in [7, 11) is 1.67. The molecule has 132 valence electrons. The quantitative estimate of drug-likeness (QED) is 0.565. The summed E-state index contributed by atoms with van der Waals surface area (Å²) in [5.41, 5.74) is 1.96. The molecule has 1 aliphatic heterocycles. The maximum atomic E-state index is 5.70. The van der Waals surface area contributed by atoms with Crippen molar-refractivity contribution in [2.45, 2.75) is 12.1 Å². The second-order valence-electron chi connectivity index (χ2n) is 5.87. The van der Waals surface area contributed by atoms with Gasteiger partial charge < -0.3 is 15.0 Å².